The molecule has 0 bridgehead atoms. The Kier molecular flexibility index (Phi) is 5.14. The smallest absolute Gasteiger partial charge is 0.316 e. The molecule has 4 nitrogen and oxygen atoms in total. The molecular weight excluding hydrogens is 272 g/mol. The lowest BCUT2D eigenvalue weighted by Gasteiger charge is -2.40. The molecule has 0 amide bonds. The van der Waals surface area contributed by atoms with Crippen molar-refractivity contribution in [2.24, 2.45) is 0 Å². The van der Waals surface area contributed by atoms with Gasteiger partial charge in [-0.05, 0) is 38.8 Å². The Morgan fingerprint density at radius 3 is 1.69 bits per heavy atom. The molecule has 1 aliphatic rings. The Morgan fingerprint density at radius 1 is 0.875 bits per heavy atom. The van der Waals surface area contributed by atoms with Gasteiger partial charge in [0.2, 0.25) is 0 Å². The van der Waals surface area contributed by atoms with E-state index in [1.807, 2.05) is 0 Å². The predicted molar refractivity (Wildman–Crippen MR) is 74.6 cm³/mol. The number of rotatable bonds is 2. The lowest BCUT2D eigenvalue weighted by Crippen LogP contribution is -2.56. The summed E-state index contributed by atoms with van der Waals surface area (Å²) in [4.78, 5) is 0. The Morgan fingerprint density at radius 2 is 1.31 bits per heavy atom. The lowest BCUT2D eigenvalue weighted by molar-refractivity contribution is 0.261. The summed E-state index contributed by atoms with van der Waals surface area (Å²) in [5.41, 5.74) is 0. The molecule has 0 aromatic heterocycles. The molecule has 0 aliphatic carbocycles. The van der Waals surface area contributed by atoms with Crippen LogP contribution >= 0.6 is 0 Å². The van der Waals surface area contributed by atoms with Crippen molar-refractivity contribution >= 4 is 35.7 Å². The maximum absolute atomic E-state index is 6.15. The summed E-state index contributed by atoms with van der Waals surface area (Å²) in [5.74, 6) is 0. The summed E-state index contributed by atoms with van der Waals surface area (Å²) in [5, 5.41) is 0. The monoisotopic (exact) mass is 296 g/mol. The molecule has 2 atom stereocenters. The Hall–Kier alpha value is 0.708. The van der Waals surface area contributed by atoms with Crippen LogP contribution in [0.4, 0.5) is 0 Å². The molecule has 0 N–H and O–H groups in total. The summed E-state index contributed by atoms with van der Waals surface area (Å²) >= 11 is 0. The van der Waals surface area contributed by atoms with Gasteiger partial charge in [0.1, 0.15) is 0 Å². The molecule has 1 saturated heterocycles. The van der Waals surface area contributed by atoms with E-state index in [0.29, 0.717) is 0 Å². The van der Waals surface area contributed by atoms with Gasteiger partial charge in [-0.2, -0.15) is 0 Å². The molecule has 0 spiro atoms. The zero-order chi connectivity index (χ0) is 12.4. The summed E-state index contributed by atoms with van der Waals surface area (Å²) in [6, 6.07) is 1.04. The Balaban J connectivity index is 2.74. The van der Waals surface area contributed by atoms with E-state index in [1.165, 1.54) is 0 Å². The summed E-state index contributed by atoms with van der Waals surface area (Å²) < 4.78 is 24.3. The van der Waals surface area contributed by atoms with E-state index in [-0.39, 0.29) is 0 Å². The van der Waals surface area contributed by atoms with Gasteiger partial charge in [0, 0.05) is 0 Å². The van der Waals surface area contributed by atoms with Crippen LogP contribution in [-0.4, -0.2) is 35.7 Å². The molecule has 0 saturated carbocycles. The van der Waals surface area contributed by atoms with Crippen molar-refractivity contribution in [3.05, 3.63) is 0 Å². The van der Waals surface area contributed by atoms with Crippen molar-refractivity contribution in [2.75, 3.05) is 0 Å². The van der Waals surface area contributed by atoms with Crippen LogP contribution in [0, 0.1) is 0 Å². The second-order valence-corrected chi connectivity index (χ2v) is 16.5. The first-order chi connectivity index (χ1) is 7.26. The van der Waals surface area contributed by atoms with Gasteiger partial charge < -0.3 is 16.5 Å². The van der Waals surface area contributed by atoms with E-state index >= 15 is 0 Å². The molecule has 0 aromatic carbocycles. The third-order valence-corrected chi connectivity index (χ3v) is 17.7. The minimum Gasteiger partial charge on any atom is -0.418 e. The van der Waals surface area contributed by atoms with E-state index in [2.05, 4.69) is 39.7 Å². The van der Waals surface area contributed by atoms with Crippen molar-refractivity contribution in [1.29, 1.82) is 0 Å². The molecule has 1 fully saturated rings. The van der Waals surface area contributed by atoms with Crippen molar-refractivity contribution < 1.29 is 16.5 Å². The van der Waals surface area contributed by atoms with E-state index in [4.69, 9.17) is 16.5 Å². The van der Waals surface area contributed by atoms with Gasteiger partial charge in [0.05, 0.1) is 0 Å². The predicted octanol–water partition coefficient (Wildman–Crippen LogP) is 1.95. The fourth-order valence-electron chi connectivity index (χ4n) is 2.18. The average Bonchev–Trinajstić information content (AvgIpc) is 1.96. The first-order valence-electron chi connectivity index (χ1n) is 5.97. The summed E-state index contributed by atoms with van der Waals surface area (Å²) in [7, 11) is -7.16. The van der Waals surface area contributed by atoms with Gasteiger partial charge in [-0.1, -0.05) is 13.3 Å². The fraction of sp³-hybridized carbons (Fsp3) is 1.00. The number of hydrogen-bond acceptors (Lipinski definition) is 4. The standard InChI is InChI=1S/C8H24O4Si4/c1-7-8-16(6)11-13(2)9-15(4,5)10-14(3)12-16/h13-14H,7-8H2,1-6H3. The average molecular weight is 297 g/mol. The van der Waals surface area contributed by atoms with Gasteiger partial charge in [-0.25, -0.2) is 0 Å². The molecule has 8 heteroatoms. The molecule has 0 aromatic rings. The van der Waals surface area contributed by atoms with Crippen LogP contribution in [0.15, 0.2) is 0 Å². The minimum absolute atomic E-state index is 1.04. The molecule has 2 unspecified atom stereocenters. The van der Waals surface area contributed by atoms with Crippen LogP contribution in [0.2, 0.25) is 38.8 Å². The molecule has 0 radical (unpaired) electrons. The van der Waals surface area contributed by atoms with Crippen molar-refractivity contribution in [3.8, 4) is 0 Å². The van der Waals surface area contributed by atoms with Gasteiger partial charge in [0.15, 0.2) is 0 Å². The Bertz CT molecular complexity index is 222. The van der Waals surface area contributed by atoms with E-state index in [0.717, 1.165) is 12.5 Å². The number of hydrogen-bond donors (Lipinski definition) is 0. The molecule has 16 heavy (non-hydrogen) atoms. The van der Waals surface area contributed by atoms with Crippen LogP contribution in [0.25, 0.3) is 0 Å². The maximum Gasteiger partial charge on any atom is 0.316 e. The van der Waals surface area contributed by atoms with Gasteiger partial charge >= 0.3 is 35.7 Å². The summed E-state index contributed by atoms with van der Waals surface area (Å²) in [6.07, 6.45) is 1.10. The normalized spacial score (nSPS) is 40.1. The second kappa shape index (κ2) is 5.57. The summed E-state index contributed by atoms with van der Waals surface area (Å²) in [6.45, 7) is 12.6. The largest absolute Gasteiger partial charge is 0.418 e. The molecule has 96 valence electrons. The van der Waals surface area contributed by atoms with Gasteiger partial charge in [-0.3, -0.25) is 0 Å². The van der Waals surface area contributed by atoms with E-state index < -0.39 is 35.7 Å². The quantitative estimate of drug-likeness (QED) is 0.730. The third kappa shape index (κ3) is 4.53. The van der Waals surface area contributed by atoms with Crippen LogP contribution in [0.3, 0.4) is 0 Å². The first-order valence-corrected chi connectivity index (χ1v) is 15.5. The zero-order valence-electron chi connectivity index (χ0n) is 11.2. The highest BCUT2D eigenvalue weighted by molar-refractivity contribution is 6.84. The highest BCUT2D eigenvalue weighted by atomic mass is 28.5. The Labute approximate surface area is 104 Å². The lowest BCUT2D eigenvalue weighted by atomic mass is 10.6. The van der Waals surface area contributed by atoms with Crippen LogP contribution in [-0.2, 0) is 16.5 Å². The first kappa shape index (κ1) is 14.8. The van der Waals surface area contributed by atoms with E-state index in [1.54, 1.807) is 0 Å². The van der Waals surface area contributed by atoms with Crippen LogP contribution in [0.1, 0.15) is 13.3 Å². The van der Waals surface area contributed by atoms with Gasteiger partial charge in [-0.15, -0.1) is 0 Å². The molecule has 1 heterocycles. The highest BCUT2D eigenvalue weighted by Gasteiger charge is 2.42. The maximum atomic E-state index is 6.15. The highest BCUT2D eigenvalue weighted by Crippen LogP contribution is 2.24. The van der Waals surface area contributed by atoms with E-state index in [9.17, 15) is 0 Å². The minimum atomic E-state index is -2.01. The molecule has 1 aliphatic heterocycles. The van der Waals surface area contributed by atoms with Gasteiger partial charge in [0.25, 0.3) is 0 Å². The van der Waals surface area contributed by atoms with Crippen LogP contribution in [0.5, 0.6) is 0 Å². The van der Waals surface area contributed by atoms with Crippen molar-refractivity contribution in [1.82, 2.24) is 0 Å². The van der Waals surface area contributed by atoms with Crippen molar-refractivity contribution in [3.63, 3.8) is 0 Å². The van der Waals surface area contributed by atoms with Crippen LogP contribution < -0.4 is 0 Å². The fourth-order valence-corrected chi connectivity index (χ4v) is 18.7. The zero-order valence-corrected chi connectivity index (χ0v) is 15.5. The molecular formula is C8H24O4Si4. The second-order valence-electron chi connectivity index (χ2n) is 4.89. The third-order valence-electron chi connectivity index (χ3n) is 2.43. The SMILES string of the molecule is CCC[Si]1(C)O[SiH](C)O[Si](C)(C)O[SiH](C)O1. The van der Waals surface area contributed by atoms with Crippen molar-refractivity contribution in [2.45, 2.75) is 52.1 Å². The topological polar surface area (TPSA) is 36.9 Å². The molecule has 1 rings (SSSR count).